The molecular formula is C23H34O5Si. The van der Waals surface area contributed by atoms with E-state index in [-0.39, 0.29) is 30.4 Å². The minimum Gasteiger partial charge on any atom is -0.468 e. The highest BCUT2D eigenvalue weighted by atomic mass is 28.4. The van der Waals surface area contributed by atoms with Crippen molar-refractivity contribution in [2.24, 2.45) is 17.3 Å². The van der Waals surface area contributed by atoms with Gasteiger partial charge in [0.05, 0.1) is 20.8 Å². The number of hydrogen-bond donors (Lipinski definition) is 0. The molecule has 2 atom stereocenters. The molecule has 0 amide bonds. The van der Waals surface area contributed by atoms with Gasteiger partial charge in [-0.05, 0) is 42.8 Å². The molecule has 0 saturated carbocycles. The standard InChI is InChI=1S/C23H34O5Si/c1-22(2,3)29(6,7)28-13-9-8-12-23(20(24)26-4,21(25)27-5)16-19-15-17-10-11-18(19)14-17/h10-11,15,17-18H,12-14,16H2,1-7H3. The van der Waals surface area contributed by atoms with Gasteiger partial charge < -0.3 is 13.9 Å². The lowest BCUT2D eigenvalue weighted by Crippen LogP contribution is -2.42. The predicted octanol–water partition coefficient (Wildman–Crippen LogP) is 4.26. The number of hydrogen-bond acceptors (Lipinski definition) is 5. The fourth-order valence-corrected chi connectivity index (χ4v) is 4.45. The highest BCUT2D eigenvalue weighted by Crippen LogP contribution is 2.45. The molecule has 2 rings (SSSR count). The van der Waals surface area contributed by atoms with Crippen LogP contribution in [0.5, 0.6) is 0 Å². The van der Waals surface area contributed by atoms with E-state index in [0.29, 0.717) is 5.92 Å². The number of rotatable bonds is 7. The van der Waals surface area contributed by atoms with Gasteiger partial charge in [-0.15, -0.1) is 0 Å². The zero-order valence-corrected chi connectivity index (χ0v) is 19.8. The van der Waals surface area contributed by atoms with Crippen LogP contribution < -0.4 is 0 Å². The van der Waals surface area contributed by atoms with E-state index in [1.165, 1.54) is 14.2 Å². The second-order valence-corrected chi connectivity index (χ2v) is 14.3. The van der Waals surface area contributed by atoms with Crippen molar-refractivity contribution in [1.82, 2.24) is 0 Å². The molecule has 0 aliphatic heterocycles. The molecule has 0 heterocycles. The third-order valence-electron chi connectivity index (χ3n) is 6.51. The fourth-order valence-electron chi connectivity index (χ4n) is 3.59. The lowest BCUT2D eigenvalue weighted by Gasteiger charge is -2.35. The fraction of sp³-hybridized carbons (Fsp3) is 0.652. The molecule has 0 saturated heterocycles. The zero-order chi connectivity index (χ0) is 21.9. The van der Waals surface area contributed by atoms with E-state index in [2.05, 4.69) is 63.9 Å². The molecule has 2 bridgehead atoms. The lowest BCUT2D eigenvalue weighted by atomic mass is 9.76. The van der Waals surface area contributed by atoms with E-state index in [0.717, 1.165) is 12.0 Å². The first-order valence-electron chi connectivity index (χ1n) is 10.1. The second-order valence-electron chi connectivity index (χ2n) is 9.45. The molecule has 6 heteroatoms. The van der Waals surface area contributed by atoms with E-state index in [1.807, 2.05) is 0 Å². The third-order valence-corrected chi connectivity index (χ3v) is 11.0. The first-order valence-corrected chi connectivity index (χ1v) is 13.0. The van der Waals surface area contributed by atoms with Crippen LogP contribution in [0.1, 0.15) is 40.0 Å². The molecular weight excluding hydrogens is 384 g/mol. The molecule has 29 heavy (non-hydrogen) atoms. The molecule has 0 radical (unpaired) electrons. The Balaban J connectivity index is 2.17. The highest BCUT2D eigenvalue weighted by Gasteiger charge is 2.50. The van der Waals surface area contributed by atoms with Crippen LogP contribution in [0.3, 0.4) is 0 Å². The monoisotopic (exact) mass is 418 g/mol. The summed E-state index contributed by atoms with van der Waals surface area (Å²) in [4.78, 5) is 25.4. The molecule has 5 nitrogen and oxygen atoms in total. The van der Waals surface area contributed by atoms with Gasteiger partial charge in [-0.25, -0.2) is 0 Å². The van der Waals surface area contributed by atoms with Crippen molar-refractivity contribution in [3.8, 4) is 11.8 Å². The first kappa shape index (κ1) is 23.4. The average molecular weight is 419 g/mol. The Labute approximate surface area is 176 Å². The normalized spacial score (nSPS) is 20.7. The van der Waals surface area contributed by atoms with Gasteiger partial charge in [-0.2, -0.15) is 0 Å². The van der Waals surface area contributed by atoms with Gasteiger partial charge >= 0.3 is 11.9 Å². The molecule has 0 spiro atoms. The summed E-state index contributed by atoms with van der Waals surface area (Å²) in [6.45, 7) is 11.1. The average Bonchev–Trinajstić information content (AvgIpc) is 3.27. The van der Waals surface area contributed by atoms with Crippen LogP contribution in [-0.4, -0.2) is 41.1 Å². The number of fused-ring (bicyclic) bond motifs is 2. The van der Waals surface area contributed by atoms with Crippen LogP contribution in [0.25, 0.3) is 0 Å². The number of allylic oxidation sites excluding steroid dienone is 4. The molecule has 0 aromatic heterocycles. The Hall–Kier alpha value is -1.84. The Morgan fingerprint density at radius 3 is 2.17 bits per heavy atom. The maximum Gasteiger partial charge on any atom is 0.324 e. The second kappa shape index (κ2) is 8.89. The Kier molecular flexibility index (Phi) is 7.18. The molecule has 0 fully saturated rings. The van der Waals surface area contributed by atoms with Gasteiger partial charge in [0.25, 0.3) is 0 Å². The van der Waals surface area contributed by atoms with E-state index in [9.17, 15) is 9.59 Å². The minimum absolute atomic E-state index is 0.0473. The van der Waals surface area contributed by atoms with Crippen molar-refractivity contribution in [3.05, 3.63) is 23.8 Å². The third kappa shape index (κ3) is 5.02. The Morgan fingerprint density at radius 1 is 1.10 bits per heavy atom. The molecule has 2 aliphatic rings. The number of carbonyl (C=O) groups excluding carboxylic acids is 2. The van der Waals surface area contributed by atoms with Gasteiger partial charge in [-0.3, -0.25) is 9.59 Å². The van der Waals surface area contributed by atoms with E-state index < -0.39 is 25.7 Å². The predicted molar refractivity (Wildman–Crippen MR) is 115 cm³/mol. The van der Waals surface area contributed by atoms with E-state index >= 15 is 0 Å². The topological polar surface area (TPSA) is 61.8 Å². The summed E-state index contributed by atoms with van der Waals surface area (Å²) in [5.41, 5.74) is -0.356. The van der Waals surface area contributed by atoms with Crippen LogP contribution in [-0.2, 0) is 23.5 Å². The van der Waals surface area contributed by atoms with Crippen LogP contribution in [0, 0.1) is 29.1 Å². The number of ether oxygens (including phenoxy) is 2. The first-order chi connectivity index (χ1) is 13.5. The minimum atomic E-state index is -1.90. The van der Waals surface area contributed by atoms with E-state index in [4.69, 9.17) is 13.9 Å². The van der Waals surface area contributed by atoms with Crippen molar-refractivity contribution in [1.29, 1.82) is 0 Å². The summed E-state index contributed by atoms with van der Waals surface area (Å²) in [6, 6.07) is 0. The van der Waals surface area contributed by atoms with Crippen molar-refractivity contribution in [2.45, 2.75) is 58.2 Å². The summed E-state index contributed by atoms with van der Waals surface area (Å²) < 4.78 is 16.1. The molecule has 0 aromatic rings. The van der Waals surface area contributed by atoms with Gasteiger partial charge in [0.2, 0.25) is 0 Å². The van der Waals surface area contributed by atoms with Crippen LogP contribution >= 0.6 is 0 Å². The number of esters is 2. The molecule has 2 aliphatic carbocycles. The quantitative estimate of drug-likeness (QED) is 0.203. The SMILES string of the molecule is COC(=O)C(CC#CCO[Si](C)(C)C(C)(C)C)(CC1=CC2C=CC1C2)C(=O)OC. The largest absolute Gasteiger partial charge is 0.468 e. The van der Waals surface area contributed by atoms with Gasteiger partial charge in [0.1, 0.15) is 0 Å². The summed E-state index contributed by atoms with van der Waals surface area (Å²) in [5, 5.41) is 0.0955. The van der Waals surface area contributed by atoms with Crippen molar-refractivity contribution in [2.75, 3.05) is 20.8 Å². The summed E-state index contributed by atoms with van der Waals surface area (Å²) in [5.74, 6) is 5.47. The zero-order valence-electron chi connectivity index (χ0n) is 18.8. The van der Waals surface area contributed by atoms with Crippen molar-refractivity contribution in [3.63, 3.8) is 0 Å². The lowest BCUT2D eigenvalue weighted by molar-refractivity contribution is -0.168. The molecule has 2 unspecified atom stereocenters. The number of methoxy groups -OCH3 is 2. The van der Waals surface area contributed by atoms with Gasteiger partial charge in [0.15, 0.2) is 13.7 Å². The van der Waals surface area contributed by atoms with E-state index in [1.54, 1.807) is 0 Å². The maximum absolute atomic E-state index is 12.7. The van der Waals surface area contributed by atoms with Crippen molar-refractivity contribution < 1.29 is 23.5 Å². The summed E-state index contributed by atoms with van der Waals surface area (Å²) in [7, 11) is 0.690. The van der Waals surface area contributed by atoms with Crippen LogP contribution in [0.2, 0.25) is 18.1 Å². The summed E-state index contributed by atoms with van der Waals surface area (Å²) >= 11 is 0. The van der Waals surface area contributed by atoms with Crippen LogP contribution in [0.4, 0.5) is 0 Å². The van der Waals surface area contributed by atoms with Gasteiger partial charge in [0, 0.05) is 6.42 Å². The summed E-state index contributed by atoms with van der Waals surface area (Å²) in [6.07, 6.45) is 7.81. The molecule has 0 N–H and O–H groups in total. The Morgan fingerprint density at radius 2 is 1.72 bits per heavy atom. The van der Waals surface area contributed by atoms with Gasteiger partial charge in [-0.1, -0.05) is 56.4 Å². The number of carbonyl (C=O) groups is 2. The highest BCUT2D eigenvalue weighted by molar-refractivity contribution is 6.74. The van der Waals surface area contributed by atoms with Crippen LogP contribution in [0.15, 0.2) is 23.8 Å². The maximum atomic E-state index is 12.7. The smallest absolute Gasteiger partial charge is 0.324 e. The molecule has 160 valence electrons. The Bertz CT molecular complexity index is 744. The molecule has 0 aromatic carbocycles. The van der Waals surface area contributed by atoms with Crippen molar-refractivity contribution >= 4 is 20.3 Å².